The molecule has 106 valence electrons. The van der Waals surface area contributed by atoms with Gasteiger partial charge in [0.1, 0.15) is 0 Å². The van der Waals surface area contributed by atoms with Crippen molar-refractivity contribution < 1.29 is 9.59 Å². The molecule has 0 radical (unpaired) electrons. The standard InChI is InChI=1S/C12H23N3O2.ClH/c1-14-7-3-6-11(16)15-10-5-2-4-9(8-10)12(13)17;/h9-10,14H,2-8H2,1H3,(H2,13,17)(H,15,16);1H. The molecule has 18 heavy (non-hydrogen) atoms. The van der Waals surface area contributed by atoms with Crippen LogP contribution < -0.4 is 16.4 Å². The molecule has 0 aromatic heterocycles. The molecule has 1 fully saturated rings. The van der Waals surface area contributed by atoms with Crippen LogP contribution >= 0.6 is 12.4 Å². The molecule has 0 aromatic rings. The van der Waals surface area contributed by atoms with E-state index in [4.69, 9.17) is 5.73 Å². The molecule has 2 amide bonds. The second kappa shape index (κ2) is 9.16. The van der Waals surface area contributed by atoms with Gasteiger partial charge in [-0.25, -0.2) is 0 Å². The number of carbonyl (C=O) groups excluding carboxylic acids is 2. The number of nitrogens with one attached hydrogen (secondary N) is 2. The summed E-state index contributed by atoms with van der Waals surface area (Å²) in [4.78, 5) is 22.7. The fourth-order valence-electron chi connectivity index (χ4n) is 2.30. The molecule has 1 aliphatic rings. The largest absolute Gasteiger partial charge is 0.369 e. The van der Waals surface area contributed by atoms with Gasteiger partial charge in [0.15, 0.2) is 0 Å². The third-order valence-electron chi connectivity index (χ3n) is 3.27. The number of rotatable bonds is 6. The smallest absolute Gasteiger partial charge is 0.220 e. The minimum absolute atomic E-state index is 0. The van der Waals surface area contributed by atoms with Crippen LogP contribution in [0, 0.1) is 5.92 Å². The maximum atomic E-state index is 11.6. The van der Waals surface area contributed by atoms with Gasteiger partial charge in [0, 0.05) is 18.4 Å². The van der Waals surface area contributed by atoms with Crippen LogP contribution in [-0.2, 0) is 9.59 Å². The van der Waals surface area contributed by atoms with Crippen molar-refractivity contribution in [2.24, 2.45) is 11.7 Å². The summed E-state index contributed by atoms with van der Waals surface area (Å²) >= 11 is 0. The molecular weight excluding hydrogens is 254 g/mol. The van der Waals surface area contributed by atoms with E-state index in [1.807, 2.05) is 7.05 Å². The van der Waals surface area contributed by atoms with Crippen molar-refractivity contribution in [2.75, 3.05) is 13.6 Å². The molecule has 0 saturated heterocycles. The Bertz CT molecular complexity index is 274. The van der Waals surface area contributed by atoms with Crippen LogP contribution in [0.2, 0.25) is 0 Å². The molecule has 1 saturated carbocycles. The molecule has 0 spiro atoms. The summed E-state index contributed by atoms with van der Waals surface area (Å²) in [5, 5.41) is 6.00. The fraction of sp³-hybridized carbons (Fsp3) is 0.833. The lowest BCUT2D eigenvalue weighted by Gasteiger charge is -2.27. The summed E-state index contributed by atoms with van der Waals surface area (Å²) < 4.78 is 0. The number of primary amides is 1. The van der Waals surface area contributed by atoms with Crippen LogP contribution in [0.25, 0.3) is 0 Å². The predicted octanol–water partition coefficient (Wildman–Crippen LogP) is 0.568. The Morgan fingerprint density at radius 2 is 2.06 bits per heavy atom. The number of halogens is 1. The number of carbonyl (C=O) groups is 2. The Morgan fingerprint density at radius 3 is 2.67 bits per heavy atom. The number of hydrogen-bond donors (Lipinski definition) is 3. The van der Waals surface area contributed by atoms with E-state index in [-0.39, 0.29) is 36.2 Å². The molecule has 4 N–H and O–H groups in total. The van der Waals surface area contributed by atoms with E-state index in [1.165, 1.54) is 0 Å². The van der Waals surface area contributed by atoms with Crippen LogP contribution in [0.15, 0.2) is 0 Å². The Balaban J connectivity index is 0.00000289. The topological polar surface area (TPSA) is 84.2 Å². The molecule has 0 aliphatic heterocycles. The van der Waals surface area contributed by atoms with Crippen molar-refractivity contribution in [1.29, 1.82) is 0 Å². The molecule has 6 heteroatoms. The molecule has 0 heterocycles. The zero-order valence-electron chi connectivity index (χ0n) is 10.9. The first-order valence-electron chi connectivity index (χ1n) is 6.36. The van der Waals surface area contributed by atoms with Crippen LogP contribution in [0.3, 0.4) is 0 Å². The van der Waals surface area contributed by atoms with Gasteiger partial charge in [-0.1, -0.05) is 6.42 Å². The zero-order chi connectivity index (χ0) is 12.7. The lowest BCUT2D eigenvalue weighted by atomic mass is 9.85. The molecule has 2 unspecified atom stereocenters. The zero-order valence-corrected chi connectivity index (χ0v) is 11.7. The van der Waals surface area contributed by atoms with E-state index in [1.54, 1.807) is 0 Å². The number of nitrogens with two attached hydrogens (primary N) is 1. The van der Waals surface area contributed by atoms with Gasteiger partial charge in [0.05, 0.1) is 0 Å². The van der Waals surface area contributed by atoms with E-state index in [9.17, 15) is 9.59 Å². The maximum absolute atomic E-state index is 11.6. The summed E-state index contributed by atoms with van der Waals surface area (Å²) in [5.74, 6) is -0.221. The van der Waals surface area contributed by atoms with Gasteiger partial charge in [0.2, 0.25) is 11.8 Å². The maximum Gasteiger partial charge on any atom is 0.220 e. The Hall–Kier alpha value is -0.810. The Kier molecular flexibility index (Phi) is 8.75. The van der Waals surface area contributed by atoms with Crippen molar-refractivity contribution in [3.63, 3.8) is 0 Å². The van der Waals surface area contributed by atoms with Gasteiger partial charge >= 0.3 is 0 Å². The summed E-state index contributed by atoms with van der Waals surface area (Å²) in [6.07, 6.45) is 4.87. The normalized spacial score (nSPS) is 22.9. The van der Waals surface area contributed by atoms with E-state index < -0.39 is 0 Å². The summed E-state index contributed by atoms with van der Waals surface area (Å²) in [7, 11) is 1.87. The highest BCUT2D eigenvalue weighted by Crippen LogP contribution is 2.23. The third-order valence-corrected chi connectivity index (χ3v) is 3.27. The van der Waals surface area contributed by atoms with Crippen LogP contribution in [-0.4, -0.2) is 31.4 Å². The quantitative estimate of drug-likeness (QED) is 0.621. The van der Waals surface area contributed by atoms with Gasteiger partial charge in [-0.15, -0.1) is 12.4 Å². The van der Waals surface area contributed by atoms with Crippen molar-refractivity contribution in [3.05, 3.63) is 0 Å². The van der Waals surface area contributed by atoms with Crippen molar-refractivity contribution in [3.8, 4) is 0 Å². The van der Waals surface area contributed by atoms with Crippen molar-refractivity contribution >= 4 is 24.2 Å². The minimum atomic E-state index is -0.237. The van der Waals surface area contributed by atoms with E-state index in [2.05, 4.69) is 10.6 Å². The fourth-order valence-corrected chi connectivity index (χ4v) is 2.30. The highest BCUT2D eigenvalue weighted by Gasteiger charge is 2.26. The predicted molar refractivity (Wildman–Crippen MR) is 73.5 cm³/mol. The molecular formula is C12H24ClN3O2. The SMILES string of the molecule is CNCCCC(=O)NC1CCCC(C(N)=O)C1.Cl. The van der Waals surface area contributed by atoms with E-state index in [0.29, 0.717) is 12.8 Å². The summed E-state index contributed by atoms with van der Waals surface area (Å²) in [6.45, 7) is 0.849. The van der Waals surface area contributed by atoms with Crippen LogP contribution in [0.1, 0.15) is 38.5 Å². The molecule has 0 bridgehead atoms. The van der Waals surface area contributed by atoms with Crippen molar-refractivity contribution in [2.45, 2.75) is 44.6 Å². The lowest BCUT2D eigenvalue weighted by molar-refractivity contribution is -0.125. The number of amides is 2. The Morgan fingerprint density at radius 1 is 1.33 bits per heavy atom. The van der Waals surface area contributed by atoms with Gasteiger partial charge in [-0.05, 0) is 39.3 Å². The first-order chi connectivity index (χ1) is 8.13. The van der Waals surface area contributed by atoms with E-state index in [0.717, 1.165) is 32.2 Å². The van der Waals surface area contributed by atoms with E-state index >= 15 is 0 Å². The van der Waals surface area contributed by atoms with Crippen LogP contribution in [0.5, 0.6) is 0 Å². The molecule has 1 rings (SSSR count). The molecule has 5 nitrogen and oxygen atoms in total. The number of hydrogen-bond acceptors (Lipinski definition) is 3. The lowest BCUT2D eigenvalue weighted by Crippen LogP contribution is -2.41. The minimum Gasteiger partial charge on any atom is -0.369 e. The molecule has 0 aromatic carbocycles. The monoisotopic (exact) mass is 277 g/mol. The third kappa shape index (κ3) is 6.21. The van der Waals surface area contributed by atoms with Gasteiger partial charge in [-0.3, -0.25) is 9.59 Å². The highest BCUT2D eigenvalue weighted by atomic mass is 35.5. The molecule has 1 aliphatic carbocycles. The first-order valence-corrected chi connectivity index (χ1v) is 6.36. The summed E-state index contributed by atoms with van der Waals surface area (Å²) in [6, 6.07) is 0.128. The average Bonchev–Trinajstić information content (AvgIpc) is 2.29. The first kappa shape index (κ1) is 17.2. The van der Waals surface area contributed by atoms with Gasteiger partial charge < -0.3 is 16.4 Å². The van der Waals surface area contributed by atoms with Crippen LogP contribution in [0.4, 0.5) is 0 Å². The van der Waals surface area contributed by atoms with Gasteiger partial charge in [-0.2, -0.15) is 0 Å². The van der Waals surface area contributed by atoms with Gasteiger partial charge in [0.25, 0.3) is 0 Å². The second-order valence-corrected chi connectivity index (χ2v) is 4.74. The summed E-state index contributed by atoms with van der Waals surface area (Å²) in [5.41, 5.74) is 5.30. The Labute approximate surface area is 115 Å². The average molecular weight is 278 g/mol. The highest BCUT2D eigenvalue weighted by molar-refractivity contribution is 5.85. The van der Waals surface area contributed by atoms with Crippen molar-refractivity contribution in [1.82, 2.24) is 10.6 Å². The molecule has 2 atom stereocenters. The second-order valence-electron chi connectivity index (χ2n) is 4.74.